The van der Waals surface area contributed by atoms with Gasteiger partial charge < -0.3 is 10.6 Å². The Morgan fingerprint density at radius 2 is 1.80 bits per heavy atom. The van der Waals surface area contributed by atoms with Crippen LogP contribution < -0.4 is 10.6 Å². The maximum absolute atomic E-state index is 12.7. The van der Waals surface area contributed by atoms with E-state index in [-0.39, 0.29) is 30.9 Å². The molecule has 0 bridgehead atoms. The minimum atomic E-state index is -0.433. The van der Waals surface area contributed by atoms with Crippen molar-refractivity contribution in [3.63, 3.8) is 0 Å². The van der Waals surface area contributed by atoms with Crippen molar-refractivity contribution in [3.8, 4) is 0 Å². The van der Waals surface area contributed by atoms with Gasteiger partial charge in [0.1, 0.15) is 0 Å². The fourth-order valence-electron chi connectivity index (χ4n) is 2.76. The van der Waals surface area contributed by atoms with Crippen molar-refractivity contribution >= 4 is 17.8 Å². The molecule has 0 aromatic heterocycles. The van der Waals surface area contributed by atoms with E-state index in [1.807, 2.05) is 37.3 Å². The first-order valence-electron chi connectivity index (χ1n) is 8.08. The summed E-state index contributed by atoms with van der Waals surface area (Å²) in [5.41, 5.74) is 2.09. The van der Waals surface area contributed by atoms with Crippen LogP contribution in [0.2, 0.25) is 0 Å². The largest absolute Gasteiger partial charge is 0.346 e. The number of amides is 4. The second-order valence-electron chi connectivity index (χ2n) is 5.90. The van der Waals surface area contributed by atoms with Crippen LogP contribution in [0.3, 0.4) is 0 Å². The van der Waals surface area contributed by atoms with Crippen LogP contribution in [0.4, 0.5) is 4.79 Å². The van der Waals surface area contributed by atoms with Crippen LogP contribution in [0.25, 0.3) is 0 Å². The lowest BCUT2D eigenvalue weighted by molar-refractivity contribution is -0.125. The van der Waals surface area contributed by atoms with Gasteiger partial charge in [0.25, 0.3) is 5.91 Å². The minimum Gasteiger partial charge on any atom is -0.346 e. The molecule has 2 aromatic rings. The van der Waals surface area contributed by atoms with E-state index in [1.54, 1.807) is 24.3 Å². The van der Waals surface area contributed by atoms with Gasteiger partial charge in [-0.2, -0.15) is 0 Å². The van der Waals surface area contributed by atoms with E-state index in [4.69, 9.17) is 0 Å². The normalized spacial score (nSPS) is 15.0. The van der Waals surface area contributed by atoms with Crippen LogP contribution in [-0.2, 0) is 11.3 Å². The first kappa shape index (κ1) is 16.7. The van der Waals surface area contributed by atoms with E-state index in [0.717, 1.165) is 10.5 Å². The van der Waals surface area contributed by atoms with Gasteiger partial charge in [-0.15, -0.1) is 0 Å². The molecule has 1 atom stereocenters. The summed E-state index contributed by atoms with van der Waals surface area (Å²) < 4.78 is 0. The molecular formula is C19H19N3O3. The van der Waals surface area contributed by atoms with Crippen LogP contribution in [-0.4, -0.2) is 29.3 Å². The summed E-state index contributed by atoms with van der Waals surface area (Å²) in [6, 6.07) is 16.1. The number of carbonyl (C=O) groups excluding carboxylic acids is 3. The molecule has 128 valence electrons. The number of carbonyl (C=O) groups is 3. The molecule has 0 saturated carbocycles. The average Bonchev–Trinajstić information content (AvgIpc) is 2.95. The smallest absolute Gasteiger partial charge is 0.324 e. The summed E-state index contributed by atoms with van der Waals surface area (Å²) in [6.07, 6.45) is 0. The monoisotopic (exact) mass is 337 g/mol. The third-order valence-corrected chi connectivity index (χ3v) is 4.17. The number of rotatable bonds is 5. The predicted molar refractivity (Wildman–Crippen MR) is 92.7 cm³/mol. The standard InChI is InChI=1S/C19H19N3O3/c1-13(14-7-3-2-4-8-14)21-18(24)16-10-6-5-9-15(16)12-22-17(23)11-20-19(22)25/h2-10,13H,11-12H2,1H3,(H,20,25)(H,21,24)/t13-/m1/s1. The van der Waals surface area contributed by atoms with Gasteiger partial charge in [-0.3, -0.25) is 14.5 Å². The van der Waals surface area contributed by atoms with Crippen LogP contribution in [0.5, 0.6) is 0 Å². The van der Waals surface area contributed by atoms with E-state index < -0.39 is 6.03 Å². The molecule has 6 nitrogen and oxygen atoms in total. The summed E-state index contributed by atoms with van der Waals surface area (Å²) in [5, 5.41) is 5.44. The maximum Gasteiger partial charge on any atom is 0.324 e. The average molecular weight is 337 g/mol. The number of hydrogen-bond acceptors (Lipinski definition) is 3. The van der Waals surface area contributed by atoms with Crippen LogP contribution in [0.1, 0.15) is 34.5 Å². The second-order valence-corrected chi connectivity index (χ2v) is 5.90. The Labute approximate surface area is 145 Å². The van der Waals surface area contributed by atoms with Gasteiger partial charge in [-0.1, -0.05) is 48.5 Å². The van der Waals surface area contributed by atoms with Crippen molar-refractivity contribution in [1.82, 2.24) is 15.5 Å². The zero-order chi connectivity index (χ0) is 17.8. The van der Waals surface area contributed by atoms with Gasteiger partial charge in [-0.05, 0) is 24.1 Å². The lowest BCUT2D eigenvalue weighted by Crippen LogP contribution is -2.32. The highest BCUT2D eigenvalue weighted by Crippen LogP contribution is 2.17. The van der Waals surface area contributed by atoms with E-state index in [9.17, 15) is 14.4 Å². The molecule has 3 rings (SSSR count). The van der Waals surface area contributed by atoms with Crippen LogP contribution in [0, 0.1) is 0 Å². The summed E-state index contributed by atoms with van der Waals surface area (Å²) in [6.45, 7) is 1.99. The first-order valence-corrected chi connectivity index (χ1v) is 8.08. The summed E-state index contributed by atoms with van der Waals surface area (Å²) in [5.74, 6) is -0.531. The quantitative estimate of drug-likeness (QED) is 0.821. The van der Waals surface area contributed by atoms with E-state index in [0.29, 0.717) is 11.1 Å². The lowest BCUT2D eigenvalue weighted by Gasteiger charge is -2.18. The fraction of sp³-hybridized carbons (Fsp3) is 0.211. The zero-order valence-electron chi connectivity index (χ0n) is 13.9. The molecule has 1 heterocycles. The molecule has 0 aliphatic carbocycles. The van der Waals surface area contributed by atoms with Crippen molar-refractivity contribution in [2.45, 2.75) is 19.5 Å². The summed E-state index contributed by atoms with van der Waals surface area (Å²) >= 11 is 0. The molecule has 1 aliphatic rings. The van der Waals surface area contributed by atoms with Gasteiger partial charge >= 0.3 is 6.03 Å². The molecule has 25 heavy (non-hydrogen) atoms. The molecule has 2 aromatic carbocycles. The zero-order valence-corrected chi connectivity index (χ0v) is 13.9. The SMILES string of the molecule is C[C@@H](NC(=O)c1ccccc1CN1C(=O)CNC1=O)c1ccccc1. The number of urea groups is 1. The molecule has 1 fully saturated rings. The number of nitrogens with one attached hydrogen (secondary N) is 2. The third kappa shape index (κ3) is 3.68. The van der Waals surface area contributed by atoms with Crippen LogP contribution in [0.15, 0.2) is 54.6 Å². The Kier molecular flexibility index (Phi) is 4.79. The fourth-order valence-corrected chi connectivity index (χ4v) is 2.76. The Bertz CT molecular complexity index is 789. The Morgan fingerprint density at radius 1 is 1.12 bits per heavy atom. The van der Waals surface area contributed by atoms with Crippen molar-refractivity contribution in [2.75, 3.05) is 6.54 Å². The molecule has 0 unspecified atom stereocenters. The second kappa shape index (κ2) is 7.17. The van der Waals surface area contributed by atoms with Gasteiger partial charge in [0.15, 0.2) is 0 Å². The highest BCUT2D eigenvalue weighted by molar-refractivity contribution is 6.02. The van der Waals surface area contributed by atoms with Crippen molar-refractivity contribution in [1.29, 1.82) is 0 Å². The minimum absolute atomic E-state index is 0.00175. The lowest BCUT2D eigenvalue weighted by atomic mass is 10.0. The Hall–Kier alpha value is -3.15. The van der Waals surface area contributed by atoms with Gasteiger partial charge in [0.2, 0.25) is 5.91 Å². The molecule has 2 N–H and O–H groups in total. The van der Waals surface area contributed by atoms with Gasteiger partial charge in [0, 0.05) is 5.56 Å². The van der Waals surface area contributed by atoms with Crippen molar-refractivity contribution < 1.29 is 14.4 Å². The van der Waals surface area contributed by atoms with Crippen molar-refractivity contribution in [3.05, 3.63) is 71.3 Å². The highest BCUT2D eigenvalue weighted by Gasteiger charge is 2.29. The number of nitrogens with zero attached hydrogens (tertiary/aromatic N) is 1. The Morgan fingerprint density at radius 3 is 2.48 bits per heavy atom. The Balaban J connectivity index is 1.77. The molecular weight excluding hydrogens is 318 g/mol. The molecule has 1 saturated heterocycles. The first-order chi connectivity index (χ1) is 12.1. The van der Waals surface area contributed by atoms with E-state index in [1.165, 1.54) is 0 Å². The highest BCUT2D eigenvalue weighted by atomic mass is 16.2. The molecule has 0 spiro atoms. The molecule has 1 aliphatic heterocycles. The number of hydrogen-bond donors (Lipinski definition) is 2. The number of benzene rings is 2. The summed E-state index contributed by atoms with van der Waals surface area (Å²) in [7, 11) is 0. The predicted octanol–water partition coefficient (Wildman–Crippen LogP) is 2.23. The van der Waals surface area contributed by atoms with Gasteiger partial charge in [-0.25, -0.2) is 4.79 Å². The van der Waals surface area contributed by atoms with Crippen molar-refractivity contribution in [2.24, 2.45) is 0 Å². The molecule has 0 radical (unpaired) electrons. The summed E-state index contributed by atoms with van der Waals surface area (Å²) in [4.78, 5) is 37.3. The third-order valence-electron chi connectivity index (χ3n) is 4.17. The van der Waals surface area contributed by atoms with E-state index >= 15 is 0 Å². The maximum atomic E-state index is 12.7. The van der Waals surface area contributed by atoms with Crippen LogP contribution >= 0.6 is 0 Å². The number of imide groups is 1. The molecule has 6 heteroatoms. The topological polar surface area (TPSA) is 78.5 Å². The molecule has 4 amide bonds. The van der Waals surface area contributed by atoms with E-state index in [2.05, 4.69) is 10.6 Å². The van der Waals surface area contributed by atoms with Gasteiger partial charge in [0.05, 0.1) is 19.1 Å².